The van der Waals surface area contributed by atoms with E-state index in [1.165, 1.54) is 4.90 Å². The third kappa shape index (κ3) is 4.01. The van der Waals surface area contributed by atoms with Crippen LogP contribution >= 0.6 is 0 Å². The lowest BCUT2D eigenvalue weighted by Crippen LogP contribution is -2.31. The second kappa shape index (κ2) is 8.83. The fourth-order valence-corrected chi connectivity index (χ4v) is 4.70. The van der Waals surface area contributed by atoms with Crippen molar-refractivity contribution < 1.29 is 19.1 Å². The van der Waals surface area contributed by atoms with E-state index in [1.807, 2.05) is 66.7 Å². The zero-order chi connectivity index (χ0) is 25.6. The van der Waals surface area contributed by atoms with E-state index in [0.717, 1.165) is 28.5 Å². The summed E-state index contributed by atoms with van der Waals surface area (Å²) in [5.74, 6) is -1.58. The zero-order valence-electron chi connectivity index (χ0n) is 20.9. The molecule has 1 aliphatic heterocycles. The Hall–Kier alpha value is -4.12. The van der Waals surface area contributed by atoms with Gasteiger partial charge in [-0.25, -0.2) is 0 Å². The Morgan fingerprint density at radius 1 is 0.972 bits per heavy atom. The molecule has 2 heterocycles. The van der Waals surface area contributed by atoms with Gasteiger partial charge in [-0.2, -0.15) is 0 Å². The number of fused-ring (bicyclic) bond motifs is 1. The van der Waals surface area contributed by atoms with Crippen LogP contribution in [0.2, 0.25) is 0 Å². The second-order valence-electron chi connectivity index (χ2n) is 10.2. The number of amides is 1. The number of aryl methyl sites for hydroxylation is 1. The van der Waals surface area contributed by atoms with Crippen molar-refractivity contribution in [2.75, 3.05) is 4.90 Å². The highest BCUT2D eigenvalue weighted by Crippen LogP contribution is 2.42. The molecule has 1 amide bonds. The first-order valence-electron chi connectivity index (χ1n) is 12.2. The minimum Gasteiger partial charge on any atom is -0.503 e. The maximum Gasteiger partial charge on any atom is 0.294 e. The average molecular weight is 480 g/mol. The zero-order valence-corrected chi connectivity index (χ0v) is 20.9. The van der Waals surface area contributed by atoms with Gasteiger partial charge in [0.05, 0.1) is 11.6 Å². The lowest BCUT2D eigenvalue weighted by molar-refractivity contribution is -0.117. The summed E-state index contributed by atoms with van der Waals surface area (Å²) in [5.41, 5.74) is 4.15. The van der Waals surface area contributed by atoms with Crippen molar-refractivity contribution in [3.63, 3.8) is 0 Å². The first kappa shape index (κ1) is 23.6. The van der Waals surface area contributed by atoms with Crippen LogP contribution in [0.1, 0.15) is 61.0 Å². The molecule has 0 bridgehead atoms. The maximum atomic E-state index is 13.8. The van der Waals surface area contributed by atoms with Gasteiger partial charge in [-0.1, -0.05) is 82.3 Å². The van der Waals surface area contributed by atoms with Crippen LogP contribution in [-0.2, 0) is 16.6 Å². The number of benzene rings is 3. The molecule has 36 heavy (non-hydrogen) atoms. The number of Topliss-reactive ketones (excluding diaryl/α,β-unsaturated/α-hetero) is 1. The number of rotatable bonds is 5. The molecule has 5 nitrogen and oxygen atoms in total. The van der Waals surface area contributed by atoms with E-state index in [4.69, 9.17) is 4.42 Å². The summed E-state index contributed by atoms with van der Waals surface area (Å²) in [4.78, 5) is 28.7. The maximum absolute atomic E-state index is 13.8. The quantitative estimate of drug-likeness (QED) is 0.311. The van der Waals surface area contributed by atoms with E-state index in [2.05, 4.69) is 27.7 Å². The van der Waals surface area contributed by atoms with Gasteiger partial charge in [-0.15, -0.1) is 0 Å². The third-order valence-electron chi connectivity index (χ3n) is 6.82. The van der Waals surface area contributed by atoms with Gasteiger partial charge in [0.15, 0.2) is 11.5 Å². The molecule has 182 valence electrons. The predicted molar refractivity (Wildman–Crippen MR) is 141 cm³/mol. The number of anilines is 1. The number of hydrogen-bond donors (Lipinski definition) is 1. The molecule has 0 saturated heterocycles. The van der Waals surface area contributed by atoms with Gasteiger partial charge in [0.2, 0.25) is 5.78 Å². The van der Waals surface area contributed by atoms with Crippen LogP contribution < -0.4 is 4.90 Å². The van der Waals surface area contributed by atoms with E-state index >= 15 is 0 Å². The SMILES string of the molecule is CCc1ccc(C2C(C(=O)c3cc4ccccc4o3)=C(O)C(=O)N2c2ccc(C(C)(C)C)cc2)cc1. The minimum absolute atomic E-state index is 0.0169. The molecule has 0 fully saturated rings. The lowest BCUT2D eigenvalue weighted by Gasteiger charge is -2.28. The number of carbonyl (C=O) groups is 2. The van der Waals surface area contributed by atoms with Gasteiger partial charge in [0.1, 0.15) is 5.58 Å². The standard InChI is InChI=1S/C31H29NO4/c1-5-19-10-12-20(13-11-19)27-26(28(33)25-18-21-8-6-7-9-24(21)36-25)29(34)30(35)32(27)23-16-14-22(15-17-23)31(2,3)4/h6-18,27,34H,5H2,1-4H3. The Morgan fingerprint density at radius 2 is 1.64 bits per heavy atom. The molecule has 0 spiro atoms. The fraction of sp³-hybridized carbons (Fsp3) is 0.226. The van der Waals surface area contributed by atoms with Gasteiger partial charge in [-0.05, 0) is 52.8 Å². The van der Waals surface area contributed by atoms with E-state index in [0.29, 0.717) is 11.3 Å². The number of hydrogen-bond acceptors (Lipinski definition) is 4. The highest BCUT2D eigenvalue weighted by atomic mass is 16.3. The van der Waals surface area contributed by atoms with Crippen molar-refractivity contribution in [2.45, 2.75) is 45.6 Å². The van der Waals surface area contributed by atoms with E-state index in [-0.39, 0.29) is 16.7 Å². The number of furan rings is 1. The Kier molecular flexibility index (Phi) is 5.79. The minimum atomic E-state index is -0.787. The molecule has 0 radical (unpaired) electrons. The van der Waals surface area contributed by atoms with Crippen molar-refractivity contribution in [1.29, 1.82) is 0 Å². The largest absolute Gasteiger partial charge is 0.503 e. The normalized spacial score (nSPS) is 16.3. The van der Waals surface area contributed by atoms with Gasteiger partial charge >= 0.3 is 0 Å². The summed E-state index contributed by atoms with van der Waals surface area (Å²) in [6.07, 6.45) is 0.869. The molecule has 1 unspecified atom stereocenters. The summed E-state index contributed by atoms with van der Waals surface area (Å²) in [6.45, 7) is 8.44. The Bertz CT molecular complexity index is 1450. The molecule has 5 heteroatoms. The Morgan fingerprint density at radius 3 is 2.25 bits per heavy atom. The van der Waals surface area contributed by atoms with Crippen LogP contribution in [0.5, 0.6) is 0 Å². The fourth-order valence-electron chi connectivity index (χ4n) is 4.70. The van der Waals surface area contributed by atoms with Gasteiger partial charge in [0, 0.05) is 11.1 Å². The molecule has 1 aromatic heterocycles. The van der Waals surface area contributed by atoms with Crippen molar-refractivity contribution in [3.05, 3.63) is 113 Å². The van der Waals surface area contributed by atoms with Gasteiger partial charge in [-0.3, -0.25) is 14.5 Å². The summed E-state index contributed by atoms with van der Waals surface area (Å²) in [5, 5.41) is 11.8. The van der Waals surface area contributed by atoms with E-state index in [9.17, 15) is 14.7 Å². The number of para-hydroxylation sites is 1. The molecule has 0 saturated carbocycles. The molecule has 0 aliphatic carbocycles. The summed E-state index contributed by atoms with van der Waals surface area (Å²) in [6, 6.07) is 23.7. The molecular formula is C31H29NO4. The first-order valence-corrected chi connectivity index (χ1v) is 12.2. The van der Waals surface area contributed by atoms with Crippen LogP contribution in [0.3, 0.4) is 0 Å². The summed E-state index contributed by atoms with van der Waals surface area (Å²) >= 11 is 0. The summed E-state index contributed by atoms with van der Waals surface area (Å²) < 4.78 is 5.82. The van der Waals surface area contributed by atoms with E-state index < -0.39 is 23.5 Å². The number of nitrogens with zero attached hydrogens (tertiary/aromatic N) is 1. The van der Waals surface area contributed by atoms with E-state index in [1.54, 1.807) is 12.1 Å². The van der Waals surface area contributed by atoms with Crippen LogP contribution in [0.15, 0.2) is 94.6 Å². The highest BCUT2D eigenvalue weighted by molar-refractivity contribution is 6.20. The molecule has 1 atom stereocenters. The van der Waals surface area contributed by atoms with Crippen LogP contribution in [0, 0.1) is 0 Å². The highest BCUT2D eigenvalue weighted by Gasteiger charge is 2.45. The number of carbonyl (C=O) groups excluding carboxylic acids is 2. The molecule has 3 aromatic carbocycles. The van der Waals surface area contributed by atoms with Gasteiger partial charge < -0.3 is 9.52 Å². The number of ketones is 1. The summed E-state index contributed by atoms with van der Waals surface area (Å²) in [7, 11) is 0. The Balaban J connectivity index is 1.63. The Labute approximate surface area is 210 Å². The molecule has 4 aromatic rings. The topological polar surface area (TPSA) is 70.7 Å². The first-order chi connectivity index (χ1) is 17.2. The van der Waals surface area contributed by atoms with Crippen LogP contribution in [0.25, 0.3) is 11.0 Å². The monoisotopic (exact) mass is 479 g/mol. The number of aliphatic hydroxyl groups excluding tert-OH is 1. The van der Waals surface area contributed by atoms with Crippen LogP contribution in [0.4, 0.5) is 5.69 Å². The van der Waals surface area contributed by atoms with Crippen molar-refractivity contribution in [3.8, 4) is 0 Å². The van der Waals surface area contributed by atoms with Crippen molar-refractivity contribution >= 4 is 28.3 Å². The molecule has 5 rings (SSSR count). The molecular weight excluding hydrogens is 450 g/mol. The van der Waals surface area contributed by atoms with Crippen LogP contribution in [-0.4, -0.2) is 16.8 Å². The molecule has 1 aliphatic rings. The third-order valence-corrected chi connectivity index (χ3v) is 6.82. The van der Waals surface area contributed by atoms with Crippen molar-refractivity contribution in [2.24, 2.45) is 0 Å². The predicted octanol–water partition coefficient (Wildman–Crippen LogP) is 7.08. The van der Waals surface area contributed by atoms with Crippen molar-refractivity contribution in [1.82, 2.24) is 0 Å². The average Bonchev–Trinajstić information content (AvgIpc) is 3.42. The second-order valence-corrected chi connectivity index (χ2v) is 10.2. The lowest BCUT2D eigenvalue weighted by atomic mass is 9.87. The number of aliphatic hydroxyl groups is 1. The molecule has 1 N–H and O–H groups in total. The smallest absolute Gasteiger partial charge is 0.294 e. The van der Waals surface area contributed by atoms with Gasteiger partial charge in [0.25, 0.3) is 5.91 Å².